The minimum atomic E-state index is -0.245. The smallest absolute Gasteiger partial charge is 0.320 e. The minimum absolute atomic E-state index is 0.0472. The lowest BCUT2D eigenvalue weighted by Gasteiger charge is -2.35. The van der Waals surface area contributed by atoms with Gasteiger partial charge in [-0.05, 0) is 44.5 Å². The van der Waals surface area contributed by atoms with Crippen molar-refractivity contribution in [2.24, 2.45) is 0 Å². The largest absolute Gasteiger partial charge is 0.465 e. The summed E-state index contributed by atoms with van der Waals surface area (Å²) in [6.07, 6.45) is 1.63. The van der Waals surface area contributed by atoms with Crippen molar-refractivity contribution >= 4 is 5.97 Å². The molecule has 1 aliphatic heterocycles. The highest BCUT2D eigenvalue weighted by atomic mass is 19.1. The zero-order chi connectivity index (χ0) is 15.2. The molecule has 1 saturated heterocycles. The molecule has 1 fully saturated rings. The van der Waals surface area contributed by atoms with Crippen LogP contribution in [0.4, 0.5) is 4.39 Å². The second kappa shape index (κ2) is 7.52. The highest BCUT2D eigenvalue weighted by Gasteiger charge is 2.27. The predicted molar refractivity (Wildman–Crippen MR) is 77.4 cm³/mol. The van der Waals surface area contributed by atoms with Crippen LogP contribution in [0.3, 0.4) is 0 Å². The van der Waals surface area contributed by atoms with Crippen LogP contribution in [0.25, 0.3) is 0 Å². The first kappa shape index (κ1) is 15.9. The van der Waals surface area contributed by atoms with Crippen LogP contribution in [0.15, 0.2) is 24.3 Å². The van der Waals surface area contributed by atoms with Gasteiger partial charge >= 0.3 is 5.97 Å². The Morgan fingerprint density at radius 3 is 2.81 bits per heavy atom. The van der Waals surface area contributed by atoms with Crippen molar-refractivity contribution < 1.29 is 18.7 Å². The molecule has 1 aromatic carbocycles. The summed E-state index contributed by atoms with van der Waals surface area (Å²) >= 11 is 0. The molecular weight excluding hydrogens is 273 g/mol. The van der Waals surface area contributed by atoms with Crippen molar-refractivity contribution in [3.8, 4) is 0 Å². The highest BCUT2D eigenvalue weighted by molar-refractivity contribution is 5.71. The Morgan fingerprint density at radius 2 is 2.14 bits per heavy atom. The van der Waals surface area contributed by atoms with E-state index in [1.54, 1.807) is 19.1 Å². The lowest BCUT2D eigenvalue weighted by molar-refractivity contribution is -0.145. The monoisotopic (exact) mass is 295 g/mol. The number of likely N-dealkylation sites (N-methyl/N-ethyl adjacent to an activating group) is 1. The van der Waals surface area contributed by atoms with Crippen LogP contribution in [-0.4, -0.2) is 43.7 Å². The summed E-state index contributed by atoms with van der Waals surface area (Å²) in [7, 11) is 1.93. The number of nitrogens with zero attached hydrogens (tertiary/aromatic N) is 1. The van der Waals surface area contributed by atoms with E-state index in [0.29, 0.717) is 13.2 Å². The first-order chi connectivity index (χ1) is 10.1. The maximum Gasteiger partial charge on any atom is 0.320 e. The SMILES string of the molecule is CCOC(=O)CN(C)[C@@H]1CCO[C@@H](c2ccc(F)cc2)C1. The fourth-order valence-corrected chi connectivity index (χ4v) is 2.63. The van der Waals surface area contributed by atoms with Crippen LogP contribution >= 0.6 is 0 Å². The molecule has 1 heterocycles. The number of esters is 1. The van der Waals surface area contributed by atoms with Gasteiger partial charge in [0, 0.05) is 12.6 Å². The van der Waals surface area contributed by atoms with E-state index in [4.69, 9.17) is 9.47 Å². The van der Waals surface area contributed by atoms with E-state index in [1.807, 2.05) is 11.9 Å². The fourth-order valence-electron chi connectivity index (χ4n) is 2.63. The van der Waals surface area contributed by atoms with Gasteiger partial charge in [0.15, 0.2) is 0 Å². The first-order valence-corrected chi connectivity index (χ1v) is 7.33. The second-order valence-electron chi connectivity index (χ2n) is 5.31. The molecule has 5 heteroatoms. The number of hydrogen-bond donors (Lipinski definition) is 0. The fraction of sp³-hybridized carbons (Fsp3) is 0.562. The summed E-state index contributed by atoms with van der Waals surface area (Å²) in [5, 5.41) is 0. The van der Waals surface area contributed by atoms with Gasteiger partial charge in [0.2, 0.25) is 0 Å². The third-order valence-electron chi connectivity index (χ3n) is 3.81. The van der Waals surface area contributed by atoms with E-state index in [2.05, 4.69) is 0 Å². The maximum absolute atomic E-state index is 13.0. The number of hydrogen-bond acceptors (Lipinski definition) is 4. The number of rotatable bonds is 5. The van der Waals surface area contributed by atoms with Gasteiger partial charge in [-0.2, -0.15) is 0 Å². The molecular formula is C16H22FNO3. The molecule has 0 amide bonds. The zero-order valence-electron chi connectivity index (χ0n) is 12.5. The van der Waals surface area contributed by atoms with Gasteiger partial charge in [-0.1, -0.05) is 12.1 Å². The predicted octanol–water partition coefficient (Wildman–Crippen LogP) is 2.54. The van der Waals surface area contributed by atoms with Crippen molar-refractivity contribution in [3.63, 3.8) is 0 Å². The molecule has 0 aromatic heterocycles. The Hall–Kier alpha value is -1.46. The summed E-state index contributed by atoms with van der Waals surface area (Å²) in [5.41, 5.74) is 0.977. The van der Waals surface area contributed by atoms with Gasteiger partial charge in [-0.25, -0.2) is 4.39 Å². The molecule has 0 aliphatic carbocycles. The third kappa shape index (κ3) is 4.51. The van der Waals surface area contributed by atoms with Gasteiger partial charge in [-0.15, -0.1) is 0 Å². The molecule has 2 atom stereocenters. The first-order valence-electron chi connectivity index (χ1n) is 7.33. The quantitative estimate of drug-likeness (QED) is 0.783. The molecule has 0 saturated carbocycles. The number of ether oxygens (including phenoxy) is 2. The number of halogens is 1. The Bertz CT molecular complexity index is 463. The number of carbonyl (C=O) groups is 1. The van der Waals surface area contributed by atoms with Gasteiger partial charge in [0.1, 0.15) is 5.82 Å². The zero-order valence-corrected chi connectivity index (χ0v) is 12.5. The van der Waals surface area contributed by atoms with E-state index in [0.717, 1.165) is 18.4 Å². The van der Waals surface area contributed by atoms with Crippen molar-refractivity contribution in [2.45, 2.75) is 31.9 Å². The molecule has 116 valence electrons. The second-order valence-corrected chi connectivity index (χ2v) is 5.31. The Morgan fingerprint density at radius 1 is 1.43 bits per heavy atom. The molecule has 1 aliphatic rings. The van der Waals surface area contributed by atoms with Crippen LogP contribution in [0.5, 0.6) is 0 Å². The van der Waals surface area contributed by atoms with E-state index in [-0.39, 0.29) is 30.5 Å². The molecule has 0 bridgehead atoms. The molecule has 0 unspecified atom stereocenters. The minimum Gasteiger partial charge on any atom is -0.465 e. The molecule has 0 radical (unpaired) electrons. The van der Waals surface area contributed by atoms with Gasteiger partial charge in [0.25, 0.3) is 0 Å². The standard InChI is InChI=1S/C16H22FNO3/c1-3-20-16(19)11-18(2)14-8-9-21-15(10-14)12-4-6-13(17)7-5-12/h4-7,14-15H,3,8-11H2,1-2H3/t14-,15-/m1/s1. The lowest BCUT2D eigenvalue weighted by Crippen LogP contribution is -2.40. The normalized spacial score (nSPS) is 22.3. The van der Waals surface area contributed by atoms with E-state index in [9.17, 15) is 9.18 Å². The highest BCUT2D eigenvalue weighted by Crippen LogP contribution is 2.30. The maximum atomic E-state index is 13.0. The van der Waals surface area contributed by atoms with Crippen LogP contribution in [0.1, 0.15) is 31.4 Å². The summed E-state index contributed by atoms with van der Waals surface area (Å²) in [6, 6.07) is 6.68. The molecule has 2 rings (SSSR count). The Kier molecular flexibility index (Phi) is 5.70. The summed E-state index contributed by atoms with van der Waals surface area (Å²) in [5.74, 6) is -0.449. The average Bonchev–Trinajstić information content (AvgIpc) is 2.48. The van der Waals surface area contributed by atoms with E-state index in [1.165, 1.54) is 12.1 Å². The molecule has 0 spiro atoms. The topological polar surface area (TPSA) is 38.8 Å². The molecule has 21 heavy (non-hydrogen) atoms. The van der Waals surface area contributed by atoms with Crippen LogP contribution in [-0.2, 0) is 14.3 Å². The van der Waals surface area contributed by atoms with Crippen molar-refractivity contribution in [2.75, 3.05) is 26.8 Å². The van der Waals surface area contributed by atoms with E-state index < -0.39 is 0 Å². The molecule has 1 aromatic rings. The third-order valence-corrected chi connectivity index (χ3v) is 3.81. The van der Waals surface area contributed by atoms with Crippen molar-refractivity contribution in [3.05, 3.63) is 35.6 Å². The van der Waals surface area contributed by atoms with E-state index >= 15 is 0 Å². The van der Waals surface area contributed by atoms with Crippen molar-refractivity contribution in [1.82, 2.24) is 4.90 Å². The van der Waals surface area contributed by atoms with Crippen LogP contribution in [0, 0.1) is 5.82 Å². The van der Waals surface area contributed by atoms with Crippen LogP contribution < -0.4 is 0 Å². The summed E-state index contributed by atoms with van der Waals surface area (Å²) in [4.78, 5) is 13.6. The summed E-state index contributed by atoms with van der Waals surface area (Å²) in [6.45, 7) is 3.13. The van der Waals surface area contributed by atoms with Crippen molar-refractivity contribution in [1.29, 1.82) is 0 Å². The van der Waals surface area contributed by atoms with Gasteiger partial charge in [0.05, 0.1) is 19.3 Å². The average molecular weight is 295 g/mol. The molecule has 4 nitrogen and oxygen atoms in total. The lowest BCUT2D eigenvalue weighted by atomic mass is 9.96. The Labute approximate surface area is 124 Å². The number of carbonyl (C=O) groups excluding carboxylic acids is 1. The summed E-state index contributed by atoms with van der Waals surface area (Å²) < 4.78 is 23.7. The van der Waals surface area contributed by atoms with Gasteiger partial charge in [-0.3, -0.25) is 9.69 Å². The van der Waals surface area contributed by atoms with Gasteiger partial charge < -0.3 is 9.47 Å². The van der Waals surface area contributed by atoms with Crippen LogP contribution in [0.2, 0.25) is 0 Å². The Balaban J connectivity index is 1.93. The molecule has 0 N–H and O–H groups in total. The number of benzene rings is 1.